The van der Waals surface area contributed by atoms with Gasteiger partial charge in [0.2, 0.25) is 5.95 Å². The van der Waals surface area contributed by atoms with Crippen LogP contribution in [0.3, 0.4) is 0 Å². The molecule has 0 aliphatic rings. The minimum absolute atomic E-state index is 0.270. The molecule has 0 unspecified atom stereocenters. The van der Waals surface area contributed by atoms with Gasteiger partial charge in [-0.3, -0.25) is 5.10 Å². The third kappa shape index (κ3) is 4.17. The minimum Gasteiger partial charge on any atom is -0.368 e. The first-order valence-corrected chi connectivity index (χ1v) is 9.49. The number of nitrogens with one attached hydrogen (secondary N) is 1. The number of hydrogen-bond acceptors (Lipinski definition) is 5. The second-order valence-electron chi connectivity index (χ2n) is 7.43. The number of nitrogens with two attached hydrogens (primary N) is 1. The summed E-state index contributed by atoms with van der Waals surface area (Å²) in [7, 11) is 4.15. The van der Waals surface area contributed by atoms with Crippen molar-refractivity contribution >= 4 is 29.0 Å². The Kier molecular flexibility index (Phi) is 5.10. The van der Waals surface area contributed by atoms with Gasteiger partial charge in [-0.25, -0.2) is 9.97 Å². The van der Waals surface area contributed by atoms with E-state index in [0.717, 1.165) is 45.5 Å². The molecule has 2 aromatic heterocycles. The first kappa shape index (κ1) is 18.8. The Hall–Kier alpha value is -3.51. The molecule has 3 N–H and O–H groups in total. The van der Waals surface area contributed by atoms with Crippen molar-refractivity contribution in [3.05, 3.63) is 71.0 Å². The highest BCUT2D eigenvalue weighted by Crippen LogP contribution is 2.28. The molecule has 4 rings (SSSR count). The van der Waals surface area contributed by atoms with Gasteiger partial charge in [0, 0.05) is 23.7 Å². The number of anilines is 1. The van der Waals surface area contributed by atoms with Crippen LogP contribution in [0.15, 0.2) is 48.7 Å². The smallest absolute Gasteiger partial charge is 0.220 e. The highest BCUT2D eigenvalue weighted by atomic mass is 15.1. The predicted molar refractivity (Wildman–Crippen MR) is 119 cm³/mol. The van der Waals surface area contributed by atoms with Crippen molar-refractivity contribution in [2.24, 2.45) is 0 Å². The van der Waals surface area contributed by atoms with Crippen molar-refractivity contribution in [3.63, 3.8) is 0 Å². The zero-order valence-electron chi connectivity index (χ0n) is 16.8. The zero-order chi connectivity index (χ0) is 20.4. The third-order valence-electron chi connectivity index (χ3n) is 4.80. The van der Waals surface area contributed by atoms with Crippen LogP contribution in [-0.2, 0) is 6.54 Å². The molecule has 0 amide bonds. The van der Waals surface area contributed by atoms with E-state index in [0.29, 0.717) is 0 Å². The third-order valence-corrected chi connectivity index (χ3v) is 4.80. The molecule has 0 bridgehead atoms. The van der Waals surface area contributed by atoms with Gasteiger partial charge in [0.15, 0.2) is 0 Å². The van der Waals surface area contributed by atoms with Gasteiger partial charge >= 0.3 is 0 Å². The first-order valence-electron chi connectivity index (χ1n) is 9.49. The van der Waals surface area contributed by atoms with E-state index in [4.69, 9.17) is 5.73 Å². The fourth-order valence-corrected chi connectivity index (χ4v) is 3.39. The van der Waals surface area contributed by atoms with Crippen LogP contribution in [0.4, 0.5) is 5.95 Å². The molecule has 0 saturated carbocycles. The summed E-state index contributed by atoms with van der Waals surface area (Å²) in [6, 6.07) is 14.6. The molecule has 0 aliphatic carbocycles. The van der Waals surface area contributed by atoms with E-state index < -0.39 is 0 Å². The Labute approximate surface area is 170 Å². The lowest BCUT2D eigenvalue weighted by Gasteiger charge is -2.09. The minimum atomic E-state index is 0.270. The predicted octanol–water partition coefficient (Wildman–Crippen LogP) is 4.14. The Morgan fingerprint density at radius 1 is 1.07 bits per heavy atom. The highest BCUT2D eigenvalue weighted by molar-refractivity contribution is 5.93. The summed E-state index contributed by atoms with van der Waals surface area (Å²) in [4.78, 5) is 10.5. The summed E-state index contributed by atoms with van der Waals surface area (Å²) in [6.45, 7) is 3.00. The molecule has 0 radical (unpaired) electrons. The van der Waals surface area contributed by atoms with Crippen LogP contribution in [0.25, 0.3) is 34.3 Å². The molecular formula is C23H24N6. The fourth-order valence-electron chi connectivity index (χ4n) is 3.39. The molecule has 0 fully saturated rings. The van der Waals surface area contributed by atoms with Crippen molar-refractivity contribution in [1.82, 2.24) is 25.1 Å². The molecule has 0 atom stereocenters. The Morgan fingerprint density at radius 3 is 2.59 bits per heavy atom. The van der Waals surface area contributed by atoms with Crippen molar-refractivity contribution in [2.45, 2.75) is 13.5 Å². The summed E-state index contributed by atoms with van der Waals surface area (Å²) in [5, 5.41) is 8.69. The Balaban J connectivity index is 1.62. The summed E-state index contributed by atoms with van der Waals surface area (Å²) >= 11 is 0. The van der Waals surface area contributed by atoms with Gasteiger partial charge in [0.05, 0.1) is 16.9 Å². The summed E-state index contributed by atoms with van der Waals surface area (Å²) < 4.78 is 0. The monoisotopic (exact) mass is 384 g/mol. The quantitative estimate of drug-likeness (QED) is 0.540. The van der Waals surface area contributed by atoms with E-state index in [1.165, 1.54) is 5.56 Å². The number of nitrogen functional groups attached to an aromatic ring is 1. The molecule has 2 aromatic carbocycles. The SMILES string of the molecule is Cc1cc2c(C=Cc3ccc(CN(C)C)cc3)n[nH]c2cc1-c1ccnc(N)n1. The van der Waals surface area contributed by atoms with Crippen LogP contribution in [-0.4, -0.2) is 39.2 Å². The topological polar surface area (TPSA) is 83.7 Å². The summed E-state index contributed by atoms with van der Waals surface area (Å²) in [6.07, 6.45) is 5.80. The van der Waals surface area contributed by atoms with Gasteiger partial charge in [-0.1, -0.05) is 30.3 Å². The van der Waals surface area contributed by atoms with Crippen LogP contribution >= 0.6 is 0 Å². The van der Waals surface area contributed by atoms with Crippen LogP contribution in [0.5, 0.6) is 0 Å². The molecule has 29 heavy (non-hydrogen) atoms. The van der Waals surface area contributed by atoms with Gasteiger partial charge in [-0.2, -0.15) is 5.10 Å². The number of aromatic amines is 1. The largest absolute Gasteiger partial charge is 0.368 e. The first-order chi connectivity index (χ1) is 14.0. The second-order valence-corrected chi connectivity index (χ2v) is 7.43. The molecular weight excluding hydrogens is 360 g/mol. The maximum atomic E-state index is 5.74. The lowest BCUT2D eigenvalue weighted by atomic mass is 10.0. The maximum Gasteiger partial charge on any atom is 0.220 e. The van der Waals surface area contributed by atoms with Crippen LogP contribution in [0.2, 0.25) is 0 Å². The summed E-state index contributed by atoms with van der Waals surface area (Å²) in [5.74, 6) is 0.270. The molecule has 146 valence electrons. The molecule has 0 saturated heterocycles. The average molecular weight is 384 g/mol. The van der Waals surface area contributed by atoms with E-state index in [-0.39, 0.29) is 5.95 Å². The van der Waals surface area contributed by atoms with Crippen molar-refractivity contribution < 1.29 is 0 Å². The van der Waals surface area contributed by atoms with E-state index in [2.05, 4.69) is 88.6 Å². The maximum absolute atomic E-state index is 5.74. The van der Waals surface area contributed by atoms with Crippen LogP contribution in [0, 0.1) is 6.92 Å². The number of rotatable bonds is 5. The number of benzene rings is 2. The molecule has 2 heterocycles. The van der Waals surface area contributed by atoms with E-state index in [9.17, 15) is 0 Å². The highest BCUT2D eigenvalue weighted by Gasteiger charge is 2.10. The zero-order valence-corrected chi connectivity index (χ0v) is 16.8. The van der Waals surface area contributed by atoms with E-state index in [1.807, 2.05) is 12.1 Å². The van der Waals surface area contributed by atoms with Crippen molar-refractivity contribution in [3.8, 4) is 11.3 Å². The number of nitrogens with zero attached hydrogens (tertiary/aromatic N) is 4. The summed E-state index contributed by atoms with van der Waals surface area (Å²) in [5.41, 5.74) is 13.0. The number of fused-ring (bicyclic) bond motifs is 1. The lowest BCUT2D eigenvalue weighted by Crippen LogP contribution is -2.10. The van der Waals surface area contributed by atoms with Crippen LogP contribution in [0.1, 0.15) is 22.4 Å². The average Bonchev–Trinajstić information content (AvgIpc) is 3.08. The van der Waals surface area contributed by atoms with Gasteiger partial charge in [0.1, 0.15) is 0 Å². The van der Waals surface area contributed by atoms with E-state index in [1.54, 1.807) is 6.20 Å². The molecule has 0 aliphatic heterocycles. The number of H-pyrrole nitrogens is 1. The fraction of sp³-hybridized carbons (Fsp3) is 0.174. The normalized spacial score (nSPS) is 11.7. The lowest BCUT2D eigenvalue weighted by molar-refractivity contribution is 0.402. The Morgan fingerprint density at radius 2 is 1.86 bits per heavy atom. The number of aryl methyl sites for hydroxylation is 1. The van der Waals surface area contributed by atoms with Gasteiger partial charge in [0.25, 0.3) is 0 Å². The number of aromatic nitrogens is 4. The Bertz CT molecular complexity index is 1170. The molecule has 6 heteroatoms. The van der Waals surface area contributed by atoms with E-state index >= 15 is 0 Å². The molecule has 4 aromatic rings. The molecule has 6 nitrogen and oxygen atoms in total. The second kappa shape index (κ2) is 7.85. The standard InChI is InChI=1S/C23H24N6/c1-15-12-19-21(9-8-16-4-6-17(7-5-16)14-29(2)3)27-28-22(19)13-18(15)20-10-11-25-23(24)26-20/h4-13H,14H2,1-3H3,(H,27,28)(H2,24,25,26). The number of hydrogen-bond donors (Lipinski definition) is 2. The van der Waals surface area contributed by atoms with Crippen LogP contribution < -0.4 is 5.73 Å². The molecule has 0 spiro atoms. The van der Waals surface area contributed by atoms with Crippen molar-refractivity contribution in [2.75, 3.05) is 19.8 Å². The van der Waals surface area contributed by atoms with Crippen molar-refractivity contribution in [1.29, 1.82) is 0 Å². The van der Waals surface area contributed by atoms with Gasteiger partial charge in [-0.15, -0.1) is 0 Å². The van der Waals surface area contributed by atoms with Gasteiger partial charge in [-0.05, 0) is 62.0 Å². The van der Waals surface area contributed by atoms with Gasteiger partial charge < -0.3 is 10.6 Å².